The number of nitrogens with one attached hydrogen (secondary N) is 6. The molecule has 27 nitrogen and oxygen atoms in total. The Balaban J connectivity index is 0.753. The first-order valence-corrected chi connectivity index (χ1v) is 37.7. The summed E-state index contributed by atoms with van der Waals surface area (Å²) in [5, 5.41) is 33.0. The van der Waals surface area contributed by atoms with Crippen molar-refractivity contribution in [1.29, 1.82) is 0 Å². The number of urea groups is 1. The summed E-state index contributed by atoms with van der Waals surface area (Å²) in [5.41, 5.74) is 9.89. The van der Waals surface area contributed by atoms with Crippen molar-refractivity contribution >= 4 is 112 Å². The smallest absolute Gasteiger partial charge is 0.410 e. The van der Waals surface area contributed by atoms with Crippen molar-refractivity contribution in [2.75, 3.05) is 65.9 Å². The highest BCUT2D eigenvalue weighted by atomic mass is 79.9. The zero-order valence-corrected chi connectivity index (χ0v) is 60.8. The highest BCUT2D eigenvalue weighted by Gasteiger charge is 2.66. The summed E-state index contributed by atoms with van der Waals surface area (Å²) in [4.78, 5) is 117. The number of primary amides is 1. The number of rotatable bonds is 33. The molecule has 8 amide bonds. The number of carbonyl (C=O) groups excluding carboxylic acids is 7. The van der Waals surface area contributed by atoms with Crippen LogP contribution in [0.15, 0.2) is 85.1 Å². The number of hydrogen-bond donors (Lipinski definition) is 9. The van der Waals surface area contributed by atoms with Gasteiger partial charge in [0, 0.05) is 80.3 Å². The Kier molecular flexibility index (Phi) is 23.9. The van der Waals surface area contributed by atoms with Crippen LogP contribution >= 0.6 is 27.3 Å². The molecule has 1 aliphatic heterocycles. The Labute approximate surface area is 599 Å². The third kappa shape index (κ3) is 19.3. The lowest BCUT2D eigenvalue weighted by Crippen LogP contribution is -2.64. The number of halogens is 1. The van der Waals surface area contributed by atoms with Gasteiger partial charge in [-0.25, -0.2) is 24.4 Å². The number of hydrogen-bond acceptors (Lipinski definition) is 17. The molecule has 11 rings (SSSR count). The number of alkyl halides is 1. The number of nitrogens with zero attached hydrogens (tertiary/aromatic N) is 6. The normalized spacial score (nSPS) is 20.3. The van der Waals surface area contributed by atoms with Crippen LogP contribution in [-0.2, 0) is 64.9 Å². The third-order valence-corrected chi connectivity index (χ3v) is 21.8. The van der Waals surface area contributed by atoms with E-state index in [-0.39, 0.29) is 103 Å². The van der Waals surface area contributed by atoms with Gasteiger partial charge >= 0.3 is 18.1 Å². The molecule has 10 N–H and O–H groups in total. The topological polar surface area (TPSA) is 378 Å². The molecule has 4 heterocycles. The molecule has 4 saturated carbocycles. The minimum Gasteiger partial charge on any atom is -0.476 e. The molecule has 0 radical (unpaired) electrons. The van der Waals surface area contributed by atoms with E-state index in [2.05, 4.69) is 66.7 Å². The summed E-state index contributed by atoms with van der Waals surface area (Å²) in [7, 11) is -4.50. The molecule has 30 heteroatoms. The molecule has 101 heavy (non-hydrogen) atoms. The number of benzene rings is 3. The van der Waals surface area contributed by atoms with Gasteiger partial charge in [-0.05, 0) is 159 Å². The average molecular weight is 1490 g/mol. The Bertz CT molecular complexity index is 4140. The molecule has 5 aliphatic rings. The van der Waals surface area contributed by atoms with Crippen LogP contribution in [-0.4, -0.2) is 158 Å². The summed E-state index contributed by atoms with van der Waals surface area (Å²) in [6.45, 7) is 11.4. The number of anilines is 3. The van der Waals surface area contributed by atoms with Crippen LogP contribution in [0.5, 0.6) is 0 Å². The lowest BCUT2D eigenvalue weighted by Gasteiger charge is -2.69. The van der Waals surface area contributed by atoms with E-state index in [1.165, 1.54) is 16.2 Å². The molecular weight excluding hydrogens is 1400 g/mol. The van der Waals surface area contributed by atoms with Gasteiger partial charge in [0.05, 0.1) is 39.7 Å². The predicted octanol–water partition coefficient (Wildman–Crippen LogP) is 9.12. The van der Waals surface area contributed by atoms with E-state index in [4.69, 9.17) is 25.3 Å². The number of aromatic nitrogens is 4. The number of thiazole rings is 1. The molecule has 0 spiro atoms. The number of carbonyl (C=O) groups is 8. The second-order valence-corrected chi connectivity index (χ2v) is 31.7. The molecule has 4 aliphatic carbocycles. The number of aromatic carboxylic acids is 1. The second-order valence-electron chi connectivity index (χ2n) is 28.5. The van der Waals surface area contributed by atoms with E-state index >= 15 is 0 Å². The van der Waals surface area contributed by atoms with Gasteiger partial charge in [0.1, 0.15) is 24.5 Å². The maximum atomic E-state index is 13.9. The predicted molar refractivity (Wildman–Crippen MR) is 385 cm³/mol. The summed E-state index contributed by atoms with van der Waals surface area (Å²) >= 11 is 4.50. The Morgan fingerprint density at radius 3 is 2.25 bits per heavy atom. The molecule has 3 aromatic carbocycles. The lowest BCUT2D eigenvalue weighted by atomic mass is 9.39. The lowest BCUT2D eigenvalue weighted by molar-refractivity contribution is -0.248. The Hall–Kier alpha value is -8.58. The minimum absolute atomic E-state index is 0.0342. The van der Waals surface area contributed by atoms with Gasteiger partial charge in [-0.1, -0.05) is 97.8 Å². The van der Waals surface area contributed by atoms with Crippen LogP contribution in [0.2, 0.25) is 0 Å². The Morgan fingerprint density at radius 2 is 1.54 bits per heavy atom. The number of nitrogens with two attached hydrogens (primary N) is 1. The van der Waals surface area contributed by atoms with Crippen LogP contribution in [0.3, 0.4) is 0 Å². The number of para-hydroxylation sites is 1. The molecule has 4 fully saturated rings. The fraction of sp³-hybridized carbons (Fsp3) is 0.507. The van der Waals surface area contributed by atoms with Crippen molar-refractivity contribution < 1.29 is 65.9 Å². The standard InChI is InChI=1S/C71H90BrN13O14S2/c1-44(2)59(81-57(86)18-7-6-10-26-74-58(87)33-72)63(90)78-54(16-12-27-75-65(73)93)62(89)77-48-21-19-46(20-22-48)36-98-67(94)83(30-32-101(95,96)97)29-31-99-71-40-68(4)37-69(5,41-71)39-70(38-68,42-71)43-85-45(3)51(34-76-85)49-23-24-56(80-60(49)64(91)92)84-28-25-47-13-11-14-50(52(47)35-84)61(88)82-66-79-53-15-8-9-17-55(53)100-66/h8-9,11,13-15,17,19-24,34,44,54,59H,6-7,10,12,16,18,25-33,35-43H2,1-5H3,(H,74,87)(H,77,89)(H,78,90)(H,81,86)(H,91,92)(H3,73,75,93)(H,79,82,88)(H,95,96,97)/t54-,59?,68?,69?,70?,71?/m0/s1. The van der Waals surface area contributed by atoms with Gasteiger partial charge in [0.15, 0.2) is 10.8 Å². The second kappa shape index (κ2) is 32.2. The van der Waals surface area contributed by atoms with Crippen molar-refractivity contribution in [2.45, 2.75) is 155 Å². The number of carboxylic acids is 1. The molecule has 3 unspecified atom stereocenters. The fourth-order valence-electron chi connectivity index (χ4n) is 16.2. The van der Waals surface area contributed by atoms with Crippen molar-refractivity contribution in [2.24, 2.45) is 27.9 Å². The maximum absolute atomic E-state index is 13.9. The summed E-state index contributed by atoms with van der Waals surface area (Å²) < 4.78 is 49.7. The highest BCUT2D eigenvalue weighted by molar-refractivity contribution is 9.09. The highest BCUT2D eigenvalue weighted by Crippen LogP contribution is 2.72. The SMILES string of the molecule is Cc1c(-c2ccc(N3CCc4cccc(C(=O)Nc5nc6ccccc6s5)c4C3)nc2C(=O)O)cnn1CC12CC3(C)CC(C)(C1)CC(OCCN(CCS(=O)(=O)O)C(=O)OCc1ccc(NC(=O)[C@H](CCCNC(N)=O)NC(=O)C(NC(=O)CCCCCNC(=O)CBr)C(C)C)cc1)(C3)C2. The first-order chi connectivity index (χ1) is 48.0. The van der Waals surface area contributed by atoms with Gasteiger partial charge in [0.2, 0.25) is 23.6 Å². The fourth-order valence-corrected chi connectivity index (χ4v) is 17.7. The van der Waals surface area contributed by atoms with Crippen LogP contribution in [0.1, 0.15) is 148 Å². The first-order valence-electron chi connectivity index (χ1n) is 34.2. The average Bonchev–Trinajstić information content (AvgIpc) is 0.834. The van der Waals surface area contributed by atoms with E-state index in [1.54, 1.807) is 56.4 Å². The largest absolute Gasteiger partial charge is 0.476 e. The van der Waals surface area contributed by atoms with Gasteiger partial charge < -0.3 is 56.7 Å². The van der Waals surface area contributed by atoms with Gasteiger partial charge in [-0.3, -0.25) is 38.5 Å². The van der Waals surface area contributed by atoms with Crippen LogP contribution in [0, 0.1) is 29.1 Å². The number of pyridine rings is 1. The van der Waals surface area contributed by atoms with E-state index in [1.807, 2.05) is 59.0 Å². The summed E-state index contributed by atoms with van der Waals surface area (Å²) in [6.07, 6.45) is 8.88. The monoisotopic (exact) mass is 1490 g/mol. The zero-order chi connectivity index (χ0) is 72.4. The number of amides is 8. The molecular formula is C71H90BrN13O14S2. The van der Waals surface area contributed by atoms with Crippen LogP contribution < -0.4 is 42.5 Å². The van der Waals surface area contributed by atoms with Crippen molar-refractivity contribution in [1.82, 2.24) is 45.9 Å². The zero-order valence-electron chi connectivity index (χ0n) is 57.5. The quantitative estimate of drug-likeness (QED) is 0.0105. The van der Waals surface area contributed by atoms with Gasteiger partial charge in [-0.15, -0.1) is 0 Å². The summed E-state index contributed by atoms with van der Waals surface area (Å²) in [6, 6.07) is 20.5. The van der Waals surface area contributed by atoms with Crippen LogP contribution in [0.4, 0.5) is 26.2 Å². The van der Waals surface area contributed by atoms with E-state index in [0.717, 1.165) is 59.1 Å². The number of fused-ring (bicyclic) bond motifs is 2. The van der Waals surface area contributed by atoms with Crippen LogP contribution in [0.25, 0.3) is 21.3 Å². The molecule has 0 saturated heterocycles. The van der Waals surface area contributed by atoms with E-state index < -0.39 is 63.5 Å². The van der Waals surface area contributed by atoms with Gasteiger partial charge in [0.25, 0.3) is 16.0 Å². The maximum Gasteiger partial charge on any atom is 0.410 e. The van der Waals surface area contributed by atoms with E-state index in [0.29, 0.717) is 97.2 Å². The van der Waals surface area contributed by atoms with Crippen molar-refractivity contribution in [3.63, 3.8) is 0 Å². The molecule has 3 aromatic heterocycles. The molecule has 4 atom stereocenters. The number of carboxylic acid groups (broad SMARTS) is 1. The van der Waals surface area contributed by atoms with Crippen molar-refractivity contribution in [3.8, 4) is 11.1 Å². The van der Waals surface area contributed by atoms with Crippen molar-refractivity contribution in [3.05, 3.63) is 119 Å². The van der Waals surface area contributed by atoms with E-state index in [9.17, 15) is 56.4 Å². The van der Waals surface area contributed by atoms with Gasteiger partial charge in [-0.2, -0.15) is 13.5 Å². The number of unbranched alkanes of at least 4 members (excludes halogenated alkanes) is 2. The molecule has 6 aromatic rings. The third-order valence-electron chi connectivity index (χ3n) is 19.6. The molecule has 542 valence electrons. The summed E-state index contributed by atoms with van der Waals surface area (Å²) in [5.74, 6) is -3.73. The Morgan fingerprint density at radius 1 is 0.802 bits per heavy atom. The first kappa shape index (κ1) is 75.1. The minimum atomic E-state index is -4.50. The number of ether oxygens (including phenoxy) is 2. The molecule has 4 bridgehead atoms.